The van der Waals surface area contributed by atoms with E-state index in [1.54, 1.807) is 37.4 Å². The Labute approximate surface area is 207 Å². The summed E-state index contributed by atoms with van der Waals surface area (Å²) in [4.78, 5) is 31.8. The van der Waals surface area contributed by atoms with Crippen molar-refractivity contribution >= 4 is 38.8 Å². The molecule has 0 aliphatic carbocycles. The summed E-state index contributed by atoms with van der Waals surface area (Å²) in [6.45, 7) is 2.31. The molecule has 0 radical (unpaired) electrons. The lowest BCUT2D eigenvalue weighted by Crippen LogP contribution is -2.71. The van der Waals surface area contributed by atoms with Gasteiger partial charge in [-0.15, -0.1) is 0 Å². The second kappa shape index (κ2) is 10.3. The van der Waals surface area contributed by atoms with E-state index in [2.05, 4.69) is 30.5 Å². The molecule has 1 aromatic heterocycles. The minimum absolute atomic E-state index is 0.0343. The van der Waals surface area contributed by atoms with E-state index < -0.39 is 34.1 Å². The fourth-order valence-corrected chi connectivity index (χ4v) is 5.30. The van der Waals surface area contributed by atoms with Crippen LogP contribution < -0.4 is 15.4 Å². The van der Waals surface area contributed by atoms with Gasteiger partial charge >= 0.3 is 5.97 Å². The molecule has 2 heterocycles. The van der Waals surface area contributed by atoms with E-state index in [1.807, 2.05) is 0 Å². The molecule has 0 bridgehead atoms. The van der Waals surface area contributed by atoms with Gasteiger partial charge in [-0.25, -0.2) is 13.2 Å². The highest BCUT2D eigenvalue weighted by molar-refractivity contribution is 7.89. The summed E-state index contributed by atoms with van der Waals surface area (Å²) in [5, 5.41) is 23.7. The number of hydrogen-bond donors (Lipinski definition) is 5. The summed E-state index contributed by atoms with van der Waals surface area (Å²) in [5.74, 6) is -1.87. The summed E-state index contributed by atoms with van der Waals surface area (Å²) in [6, 6.07) is 12.2. The third-order valence-corrected chi connectivity index (χ3v) is 7.24. The van der Waals surface area contributed by atoms with Crippen molar-refractivity contribution in [3.8, 4) is 0 Å². The van der Waals surface area contributed by atoms with Gasteiger partial charge in [-0.3, -0.25) is 14.9 Å². The van der Waals surface area contributed by atoms with Crippen LogP contribution in [0.1, 0.15) is 23.7 Å². The van der Waals surface area contributed by atoms with E-state index >= 15 is 0 Å². The van der Waals surface area contributed by atoms with Crippen molar-refractivity contribution in [2.45, 2.75) is 23.9 Å². The Morgan fingerprint density at radius 3 is 2.64 bits per heavy atom. The molecule has 0 saturated carbocycles. The molecule has 190 valence electrons. The fraction of sp³-hybridized carbons (Fsp3) is 0.304. The number of aliphatic carboxylic acids is 1. The highest BCUT2D eigenvalue weighted by Crippen LogP contribution is 2.23. The van der Waals surface area contributed by atoms with E-state index in [-0.39, 0.29) is 17.0 Å². The number of carboxylic acids is 1. The van der Waals surface area contributed by atoms with Crippen molar-refractivity contribution in [1.82, 2.24) is 30.5 Å². The standard InChI is InChI=1S/C23H27N7O5S/c1-2-12-30(20(31)16-8-9-19-17(13-16)14-27-28-19)23(21(32)33,15-26-22-24-10-11-25-22)29-36(34,35)18-6-4-3-5-7-18/h3-9,13-14,29H,2,10-12,15H2,1H3,(H,27,28)(H,32,33)(H2,24,25,26)/t23-/m1/s1. The maximum atomic E-state index is 13.8. The minimum atomic E-state index is -4.35. The molecule has 1 atom stereocenters. The second-order valence-corrected chi connectivity index (χ2v) is 9.91. The molecule has 3 aromatic rings. The lowest BCUT2D eigenvalue weighted by atomic mass is 10.1. The Hall–Kier alpha value is -3.97. The molecule has 12 nitrogen and oxygen atoms in total. The first kappa shape index (κ1) is 25.1. The molecule has 1 aliphatic heterocycles. The van der Waals surface area contributed by atoms with Crippen molar-refractivity contribution in [2.24, 2.45) is 4.99 Å². The normalized spacial score (nSPS) is 15.1. The van der Waals surface area contributed by atoms with E-state index in [9.17, 15) is 23.1 Å². The van der Waals surface area contributed by atoms with Crippen molar-refractivity contribution in [3.63, 3.8) is 0 Å². The number of sulfonamides is 1. The Balaban J connectivity index is 1.80. The van der Waals surface area contributed by atoms with Crippen LogP contribution in [0.25, 0.3) is 10.9 Å². The highest BCUT2D eigenvalue weighted by atomic mass is 32.2. The number of carbonyl (C=O) groups is 2. The summed E-state index contributed by atoms with van der Waals surface area (Å²) >= 11 is 0. The van der Waals surface area contributed by atoms with Gasteiger partial charge in [0.05, 0.1) is 29.7 Å². The topological polar surface area (TPSA) is 169 Å². The molecule has 0 fully saturated rings. The first-order chi connectivity index (χ1) is 17.3. The zero-order chi connectivity index (χ0) is 25.8. The van der Waals surface area contributed by atoms with Gasteiger partial charge in [-0.1, -0.05) is 25.1 Å². The third kappa shape index (κ3) is 5.02. The van der Waals surface area contributed by atoms with Crippen LogP contribution in [0.5, 0.6) is 0 Å². The first-order valence-electron chi connectivity index (χ1n) is 11.4. The quantitative estimate of drug-likeness (QED) is 0.247. The number of H-pyrrole nitrogens is 1. The van der Waals surface area contributed by atoms with E-state index in [4.69, 9.17) is 0 Å². The zero-order valence-electron chi connectivity index (χ0n) is 19.6. The second-order valence-electron chi connectivity index (χ2n) is 8.22. The van der Waals surface area contributed by atoms with Gasteiger partial charge in [-0.2, -0.15) is 9.82 Å². The third-order valence-electron chi connectivity index (χ3n) is 5.74. The Bertz CT molecular complexity index is 1390. The molecule has 2 aromatic carbocycles. The van der Waals surface area contributed by atoms with Crippen molar-refractivity contribution in [1.29, 1.82) is 0 Å². The number of hydrogen-bond acceptors (Lipinski definition) is 8. The lowest BCUT2D eigenvalue weighted by molar-refractivity contribution is -0.150. The average Bonchev–Trinajstić information content (AvgIpc) is 3.57. The largest absolute Gasteiger partial charge is 0.478 e. The maximum absolute atomic E-state index is 13.8. The number of guanidine groups is 1. The molecule has 36 heavy (non-hydrogen) atoms. The molecule has 0 saturated heterocycles. The molecular formula is C23H27N7O5S. The highest BCUT2D eigenvalue weighted by Gasteiger charge is 2.50. The summed E-state index contributed by atoms with van der Waals surface area (Å²) in [5.41, 5.74) is -1.48. The number of benzene rings is 2. The minimum Gasteiger partial charge on any atom is -0.478 e. The smallest absolute Gasteiger partial charge is 0.347 e. The van der Waals surface area contributed by atoms with Crippen LogP contribution in [0.4, 0.5) is 0 Å². The van der Waals surface area contributed by atoms with Gasteiger partial charge in [0.2, 0.25) is 15.7 Å². The SMILES string of the molecule is CCCN(C(=O)c1ccc2[nH]ncc2c1)[C@@](CNC1=NCCN1)(NS(=O)(=O)c1ccccc1)C(=O)O. The van der Waals surface area contributed by atoms with Gasteiger partial charge in [-0.05, 0) is 36.8 Å². The number of aromatic amines is 1. The summed E-state index contributed by atoms with van der Waals surface area (Å²) in [7, 11) is -4.35. The van der Waals surface area contributed by atoms with Crippen LogP contribution in [-0.2, 0) is 14.8 Å². The average molecular weight is 514 g/mol. The zero-order valence-corrected chi connectivity index (χ0v) is 20.4. The van der Waals surface area contributed by atoms with Crippen LogP contribution in [0.3, 0.4) is 0 Å². The maximum Gasteiger partial charge on any atom is 0.347 e. The van der Waals surface area contributed by atoms with Gasteiger partial charge in [0, 0.05) is 24.0 Å². The predicted molar refractivity (Wildman–Crippen MR) is 133 cm³/mol. The summed E-state index contributed by atoms with van der Waals surface area (Å²) in [6.07, 6.45) is 1.92. The van der Waals surface area contributed by atoms with Crippen molar-refractivity contribution < 1.29 is 23.1 Å². The fourth-order valence-electron chi connectivity index (χ4n) is 3.95. The number of aromatic nitrogens is 2. The van der Waals surface area contributed by atoms with Gasteiger partial charge in [0.15, 0.2) is 5.96 Å². The Kier molecular flexibility index (Phi) is 7.22. The molecule has 0 spiro atoms. The van der Waals surface area contributed by atoms with E-state index in [0.29, 0.717) is 36.4 Å². The molecular weight excluding hydrogens is 486 g/mol. The Morgan fingerprint density at radius 2 is 1.97 bits per heavy atom. The number of nitrogens with one attached hydrogen (secondary N) is 4. The molecule has 1 amide bonds. The van der Waals surface area contributed by atoms with Gasteiger partial charge < -0.3 is 20.6 Å². The van der Waals surface area contributed by atoms with Crippen LogP contribution in [0, 0.1) is 0 Å². The Morgan fingerprint density at radius 1 is 1.19 bits per heavy atom. The van der Waals surface area contributed by atoms with Crippen LogP contribution in [0.2, 0.25) is 0 Å². The van der Waals surface area contributed by atoms with Crippen molar-refractivity contribution in [2.75, 3.05) is 26.2 Å². The van der Waals surface area contributed by atoms with Crippen molar-refractivity contribution in [3.05, 3.63) is 60.3 Å². The number of fused-ring (bicyclic) bond motifs is 1. The number of rotatable bonds is 10. The van der Waals surface area contributed by atoms with Gasteiger partial charge in [0.25, 0.3) is 5.91 Å². The predicted octanol–water partition coefficient (Wildman–Crippen LogP) is 0.723. The molecule has 5 N–H and O–H groups in total. The molecule has 4 rings (SSSR count). The number of carboxylic acid groups (broad SMARTS) is 1. The number of aliphatic imine (C=N–C) groups is 1. The number of carbonyl (C=O) groups excluding carboxylic acids is 1. The lowest BCUT2D eigenvalue weighted by Gasteiger charge is -2.41. The molecule has 1 aliphatic rings. The molecule has 0 unspecified atom stereocenters. The van der Waals surface area contributed by atoms with Gasteiger partial charge in [0.1, 0.15) is 0 Å². The van der Waals surface area contributed by atoms with Crippen LogP contribution in [-0.4, -0.2) is 78.3 Å². The molecule has 13 heteroatoms. The van der Waals surface area contributed by atoms with Crippen LogP contribution >= 0.6 is 0 Å². The summed E-state index contributed by atoms with van der Waals surface area (Å²) < 4.78 is 29.0. The van der Waals surface area contributed by atoms with Crippen LogP contribution in [0.15, 0.2) is 64.6 Å². The number of amides is 1. The van der Waals surface area contributed by atoms with E-state index in [1.165, 1.54) is 24.3 Å². The van der Waals surface area contributed by atoms with E-state index in [0.717, 1.165) is 4.90 Å². The number of nitrogens with zero attached hydrogens (tertiary/aromatic N) is 3. The first-order valence-corrected chi connectivity index (χ1v) is 12.8. The monoisotopic (exact) mass is 513 g/mol.